The van der Waals surface area contributed by atoms with Gasteiger partial charge in [-0.25, -0.2) is 4.98 Å². The van der Waals surface area contributed by atoms with Crippen molar-refractivity contribution in [2.24, 2.45) is 5.92 Å². The topological polar surface area (TPSA) is 74.1 Å². The van der Waals surface area contributed by atoms with Crippen molar-refractivity contribution in [2.45, 2.75) is 71.3 Å². The summed E-state index contributed by atoms with van der Waals surface area (Å²) in [6.07, 6.45) is 12.8. The van der Waals surface area contributed by atoms with E-state index in [1.54, 1.807) is 13.3 Å². The maximum atomic E-state index is 5.66. The van der Waals surface area contributed by atoms with E-state index in [9.17, 15) is 0 Å². The first-order valence-corrected chi connectivity index (χ1v) is 10.9. The molecule has 2 aromatic rings. The first-order chi connectivity index (χ1) is 13.8. The normalized spacial score (nSPS) is 15.2. The van der Waals surface area contributed by atoms with Crippen molar-refractivity contribution < 1.29 is 9.47 Å². The van der Waals surface area contributed by atoms with Crippen molar-refractivity contribution >= 4 is 11.2 Å². The largest absolute Gasteiger partial charge is 0.468 e. The smallest absolute Gasteiger partial charge is 0.318 e. The molecule has 0 unspecified atom stereocenters. The third-order valence-corrected chi connectivity index (χ3v) is 5.55. The van der Waals surface area contributed by atoms with Crippen molar-refractivity contribution in [1.29, 1.82) is 0 Å². The molecule has 1 fully saturated rings. The van der Waals surface area contributed by atoms with Gasteiger partial charge in [-0.05, 0) is 44.7 Å². The van der Waals surface area contributed by atoms with Crippen LogP contribution in [0.25, 0.3) is 11.2 Å². The number of fused-ring (bicyclic) bond motifs is 1. The van der Waals surface area contributed by atoms with Gasteiger partial charge in [0.2, 0.25) is 0 Å². The zero-order valence-electron chi connectivity index (χ0n) is 17.5. The molecule has 2 aromatic heterocycles. The zero-order chi connectivity index (χ0) is 19.6. The second kappa shape index (κ2) is 11.2. The van der Waals surface area contributed by atoms with Gasteiger partial charge in [0.05, 0.1) is 19.9 Å². The Kier molecular flexibility index (Phi) is 8.33. The summed E-state index contributed by atoms with van der Waals surface area (Å²) >= 11 is 0. The fourth-order valence-corrected chi connectivity index (χ4v) is 3.84. The van der Waals surface area contributed by atoms with Crippen molar-refractivity contribution in [3.05, 3.63) is 6.20 Å². The average molecular weight is 390 g/mol. The van der Waals surface area contributed by atoms with Gasteiger partial charge in [-0.1, -0.05) is 39.0 Å². The highest BCUT2D eigenvalue weighted by molar-refractivity contribution is 5.71. The Bertz CT molecular complexity index is 712. The number of piperidine rings is 1. The van der Waals surface area contributed by atoms with Crippen LogP contribution in [0, 0.1) is 5.92 Å². The van der Waals surface area contributed by atoms with Gasteiger partial charge in [0.25, 0.3) is 6.01 Å². The molecule has 1 aliphatic rings. The summed E-state index contributed by atoms with van der Waals surface area (Å²) in [5.41, 5.74) is 1.55. The quantitative estimate of drug-likeness (QED) is 0.554. The SMILES string of the molecule is CCCCOc1ncc2nc(OC)n(CCCCCCC3CCNCC3)c2n1. The van der Waals surface area contributed by atoms with E-state index in [4.69, 9.17) is 9.47 Å². The van der Waals surface area contributed by atoms with E-state index in [1.165, 1.54) is 51.6 Å². The third kappa shape index (κ3) is 5.80. The number of methoxy groups -OCH3 is 1. The molecule has 0 bridgehead atoms. The van der Waals surface area contributed by atoms with Crippen molar-refractivity contribution in [3.8, 4) is 12.0 Å². The Morgan fingerprint density at radius 3 is 2.71 bits per heavy atom. The van der Waals surface area contributed by atoms with Gasteiger partial charge >= 0.3 is 6.01 Å². The Labute approximate surface area is 168 Å². The lowest BCUT2D eigenvalue weighted by Gasteiger charge is -2.22. The van der Waals surface area contributed by atoms with E-state index in [0.717, 1.165) is 42.9 Å². The third-order valence-electron chi connectivity index (χ3n) is 5.55. The zero-order valence-corrected chi connectivity index (χ0v) is 17.5. The average Bonchev–Trinajstić information content (AvgIpc) is 3.08. The summed E-state index contributed by atoms with van der Waals surface area (Å²) < 4.78 is 13.2. The molecule has 0 aliphatic carbocycles. The summed E-state index contributed by atoms with van der Waals surface area (Å²) in [5.74, 6) is 0.932. The number of imidazole rings is 1. The molecule has 3 rings (SSSR count). The molecule has 0 atom stereocenters. The molecule has 0 amide bonds. The number of unbranched alkanes of at least 4 members (excludes halogenated alkanes) is 4. The van der Waals surface area contributed by atoms with E-state index < -0.39 is 0 Å². The molecule has 1 N–H and O–H groups in total. The number of hydrogen-bond acceptors (Lipinski definition) is 6. The number of ether oxygens (including phenoxy) is 2. The van der Waals surface area contributed by atoms with Crippen molar-refractivity contribution in [3.63, 3.8) is 0 Å². The molecule has 0 aromatic carbocycles. The van der Waals surface area contributed by atoms with Crippen LogP contribution in [0.4, 0.5) is 0 Å². The van der Waals surface area contributed by atoms with Crippen LogP contribution in [0.2, 0.25) is 0 Å². The summed E-state index contributed by atoms with van der Waals surface area (Å²) in [6.45, 7) is 6.04. The Morgan fingerprint density at radius 1 is 1.11 bits per heavy atom. The molecular formula is C21H35N5O2. The minimum Gasteiger partial charge on any atom is -0.468 e. The van der Waals surface area contributed by atoms with E-state index in [0.29, 0.717) is 18.6 Å². The highest BCUT2D eigenvalue weighted by atomic mass is 16.5. The van der Waals surface area contributed by atoms with Crippen molar-refractivity contribution in [2.75, 3.05) is 26.8 Å². The second-order valence-corrected chi connectivity index (χ2v) is 7.71. The second-order valence-electron chi connectivity index (χ2n) is 7.71. The molecular weight excluding hydrogens is 354 g/mol. The van der Waals surface area contributed by atoms with Crippen LogP contribution in [0.5, 0.6) is 12.0 Å². The Morgan fingerprint density at radius 2 is 1.93 bits per heavy atom. The van der Waals surface area contributed by atoms with E-state index in [-0.39, 0.29) is 0 Å². The van der Waals surface area contributed by atoms with Crippen LogP contribution in [-0.2, 0) is 6.54 Å². The number of rotatable bonds is 12. The molecule has 7 heteroatoms. The predicted octanol–water partition coefficient (Wildman–Crippen LogP) is 3.96. The monoisotopic (exact) mass is 389 g/mol. The molecule has 3 heterocycles. The number of aromatic nitrogens is 4. The lowest BCUT2D eigenvalue weighted by Crippen LogP contribution is -2.27. The highest BCUT2D eigenvalue weighted by Gasteiger charge is 2.15. The number of aryl methyl sites for hydroxylation is 1. The maximum absolute atomic E-state index is 5.66. The highest BCUT2D eigenvalue weighted by Crippen LogP contribution is 2.23. The predicted molar refractivity (Wildman–Crippen MR) is 111 cm³/mol. The summed E-state index contributed by atoms with van der Waals surface area (Å²) in [5, 5.41) is 3.44. The van der Waals surface area contributed by atoms with Gasteiger partial charge in [0.15, 0.2) is 5.65 Å². The fourth-order valence-electron chi connectivity index (χ4n) is 3.84. The summed E-state index contributed by atoms with van der Waals surface area (Å²) in [7, 11) is 1.66. The standard InChI is InChI=1S/C21H35N5O2/c1-3-4-15-28-20-23-16-18-19(25-20)26(21(24-18)27-2)14-8-6-5-7-9-17-10-12-22-13-11-17/h16-17,22H,3-15H2,1-2H3. The van der Waals surface area contributed by atoms with Crippen LogP contribution < -0.4 is 14.8 Å². The first kappa shape index (κ1) is 20.8. The Hall–Kier alpha value is -1.89. The molecule has 7 nitrogen and oxygen atoms in total. The number of nitrogens with one attached hydrogen (secondary N) is 1. The molecule has 0 radical (unpaired) electrons. The van der Waals surface area contributed by atoms with Gasteiger partial charge in [-0.2, -0.15) is 9.97 Å². The van der Waals surface area contributed by atoms with Gasteiger partial charge in [-0.15, -0.1) is 0 Å². The minimum absolute atomic E-state index is 0.423. The Balaban J connectivity index is 1.49. The number of nitrogens with zero attached hydrogens (tertiary/aromatic N) is 4. The molecule has 1 saturated heterocycles. The van der Waals surface area contributed by atoms with Crippen LogP contribution in [-0.4, -0.2) is 46.3 Å². The van der Waals surface area contributed by atoms with Crippen molar-refractivity contribution in [1.82, 2.24) is 24.8 Å². The maximum Gasteiger partial charge on any atom is 0.318 e. The van der Waals surface area contributed by atoms with Gasteiger partial charge in [0.1, 0.15) is 5.52 Å². The first-order valence-electron chi connectivity index (χ1n) is 10.9. The molecule has 0 saturated carbocycles. The molecule has 0 spiro atoms. The number of hydrogen-bond donors (Lipinski definition) is 1. The van der Waals surface area contributed by atoms with Gasteiger partial charge in [0, 0.05) is 6.54 Å². The van der Waals surface area contributed by atoms with E-state index in [2.05, 4.69) is 31.8 Å². The van der Waals surface area contributed by atoms with E-state index >= 15 is 0 Å². The van der Waals surface area contributed by atoms with Gasteiger partial charge < -0.3 is 14.8 Å². The van der Waals surface area contributed by atoms with Crippen LogP contribution in [0.1, 0.15) is 64.7 Å². The lowest BCUT2D eigenvalue weighted by molar-refractivity contribution is 0.286. The van der Waals surface area contributed by atoms with Crippen LogP contribution in [0.3, 0.4) is 0 Å². The summed E-state index contributed by atoms with van der Waals surface area (Å²) in [4.78, 5) is 13.3. The van der Waals surface area contributed by atoms with Crippen LogP contribution in [0.15, 0.2) is 6.20 Å². The van der Waals surface area contributed by atoms with Gasteiger partial charge in [-0.3, -0.25) is 4.57 Å². The fraction of sp³-hybridized carbons (Fsp3) is 0.762. The van der Waals surface area contributed by atoms with Crippen LogP contribution >= 0.6 is 0 Å². The molecule has 28 heavy (non-hydrogen) atoms. The molecule has 1 aliphatic heterocycles. The van der Waals surface area contributed by atoms with E-state index in [1.807, 2.05) is 0 Å². The molecule has 156 valence electrons. The minimum atomic E-state index is 0.423. The lowest BCUT2D eigenvalue weighted by atomic mass is 9.92. The summed E-state index contributed by atoms with van der Waals surface area (Å²) in [6, 6.07) is 1.02.